The van der Waals surface area contributed by atoms with Crippen molar-refractivity contribution in [1.82, 2.24) is 15.3 Å². The van der Waals surface area contributed by atoms with Crippen LogP contribution in [0.15, 0.2) is 0 Å². The lowest BCUT2D eigenvalue weighted by Crippen LogP contribution is -2.52. The molecule has 0 aliphatic carbocycles. The third-order valence-electron chi connectivity index (χ3n) is 3.02. The van der Waals surface area contributed by atoms with Gasteiger partial charge in [-0.15, -0.1) is 0 Å². The topological polar surface area (TPSA) is 87.2 Å². The quantitative estimate of drug-likeness (QED) is 0.774. The van der Waals surface area contributed by atoms with Crippen LogP contribution in [0.5, 0.6) is 0 Å². The summed E-state index contributed by atoms with van der Waals surface area (Å²) in [4.78, 5) is 33.4. The molecular weight excluding hydrogens is 258 g/mol. The van der Waals surface area contributed by atoms with Crippen molar-refractivity contribution in [1.29, 1.82) is 0 Å². The van der Waals surface area contributed by atoms with E-state index in [2.05, 4.69) is 27.5 Å². The van der Waals surface area contributed by atoms with Crippen molar-refractivity contribution in [3.05, 3.63) is 11.4 Å². The fraction of sp³-hybridized carbons (Fsp3) is 0.538. The van der Waals surface area contributed by atoms with Gasteiger partial charge < -0.3 is 10.2 Å². The molecule has 1 aliphatic rings. The van der Waals surface area contributed by atoms with Gasteiger partial charge in [-0.05, 0) is 20.3 Å². The first kappa shape index (κ1) is 14.2. The van der Waals surface area contributed by atoms with Crippen LogP contribution in [0.25, 0.3) is 0 Å². The summed E-state index contributed by atoms with van der Waals surface area (Å²) in [6.45, 7) is 6.85. The van der Waals surface area contributed by atoms with Crippen LogP contribution >= 0.6 is 0 Å². The molecule has 0 saturated carbocycles. The summed E-state index contributed by atoms with van der Waals surface area (Å²) < 4.78 is 0. The summed E-state index contributed by atoms with van der Waals surface area (Å²) in [7, 11) is 0. The molecule has 0 aromatic carbocycles. The predicted octanol–water partition coefficient (Wildman–Crippen LogP) is 0.378. The molecule has 1 aliphatic heterocycles. The number of aryl methyl sites for hydroxylation is 1. The summed E-state index contributed by atoms with van der Waals surface area (Å²) in [5.41, 5.74) is 0.853. The van der Waals surface area contributed by atoms with Gasteiger partial charge >= 0.3 is 0 Å². The van der Waals surface area contributed by atoms with Crippen LogP contribution in [0.4, 0.5) is 11.6 Å². The summed E-state index contributed by atoms with van der Waals surface area (Å²) in [6, 6.07) is 0. The Labute approximate surface area is 117 Å². The van der Waals surface area contributed by atoms with Gasteiger partial charge in [0.15, 0.2) is 0 Å². The number of hydrogen-bond donors (Lipinski definition) is 2. The molecule has 2 amide bonds. The molecule has 0 unspecified atom stereocenters. The Morgan fingerprint density at radius 2 is 1.85 bits per heavy atom. The lowest BCUT2D eigenvalue weighted by molar-refractivity contribution is -0.130. The van der Waals surface area contributed by atoms with Crippen molar-refractivity contribution in [3.8, 4) is 0 Å². The van der Waals surface area contributed by atoms with Gasteiger partial charge in [-0.1, -0.05) is 6.92 Å². The minimum Gasteiger partial charge on any atom is -0.370 e. The number of rotatable bonds is 4. The van der Waals surface area contributed by atoms with Gasteiger partial charge in [0.1, 0.15) is 17.5 Å². The minimum atomic E-state index is -0.306. The molecule has 7 nitrogen and oxygen atoms in total. The smallest absolute Gasteiger partial charge is 0.246 e. The standard InChI is InChI=1S/C13H19N5O2/c1-4-5-14-12-8(2)13(16-9(3)15-12)18-6-10(19)17-11(20)7-18/h4-7H2,1-3H3,(H,14,15,16)(H,17,19,20). The average Bonchev–Trinajstić information content (AvgIpc) is 2.38. The number of imide groups is 1. The number of carbonyl (C=O) groups is 2. The van der Waals surface area contributed by atoms with E-state index < -0.39 is 0 Å². The van der Waals surface area contributed by atoms with E-state index in [1.807, 2.05) is 6.92 Å². The summed E-state index contributed by atoms with van der Waals surface area (Å²) in [5.74, 6) is 1.40. The van der Waals surface area contributed by atoms with E-state index >= 15 is 0 Å². The first-order valence-corrected chi connectivity index (χ1v) is 6.68. The maximum Gasteiger partial charge on any atom is 0.246 e. The fourth-order valence-corrected chi connectivity index (χ4v) is 2.12. The normalized spacial score (nSPS) is 15.2. The SMILES string of the molecule is CCCNc1nc(C)nc(N2CC(=O)NC(=O)C2)c1C. The van der Waals surface area contributed by atoms with Crippen LogP contribution in [-0.4, -0.2) is 41.4 Å². The van der Waals surface area contributed by atoms with Crippen LogP contribution in [0.3, 0.4) is 0 Å². The minimum absolute atomic E-state index is 0.135. The number of amides is 2. The van der Waals surface area contributed by atoms with E-state index in [9.17, 15) is 9.59 Å². The predicted molar refractivity (Wildman–Crippen MR) is 75.6 cm³/mol. The van der Waals surface area contributed by atoms with E-state index in [1.165, 1.54) is 0 Å². The van der Waals surface area contributed by atoms with E-state index in [-0.39, 0.29) is 24.9 Å². The Kier molecular flexibility index (Phi) is 4.16. The Bertz CT molecular complexity index is 528. The molecule has 20 heavy (non-hydrogen) atoms. The number of nitrogens with one attached hydrogen (secondary N) is 2. The molecule has 1 aromatic heterocycles. The van der Waals surface area contributed by atoms with Gasteiger partial charge in [-0.3, -0.25) is 14.9 Å². The highest BCUT2D eigenvalue weighted by Crippen LogP contribution is 2.24. The first-order valence-electron chi connectivity index (χ1n) is 6.68. The largest absolute Gasteiger partial charge is 0.370 e. The number of aromatic nitrogens is 2. The maximum absolute atomic E-state index is 11.5. The number of carbonyl (C=O) groups excluding carboxylic acids is 2. The lowest BCUT2D eigenvalue weighted by Gasteiger charge is -2.28. The first-order chi connectivity index (χ1) is 9.51. The van der Waals surface area contributed by atoms with E-state index in [1.54, 1.807) is 11.8 Å². The molecule has 0 spiro atoms. The number of piperazine rings is 1. The summed E-state index contributed by atoms with van der Waals surface area (Å²) >= 11 is 0. The molecule has 2 N–H and O–H groups in total. The van der Waals surface area contributed by atoms with Gasteiger partial charge in [0.05, 0.1) is 13.1 Å². The van der Waals surface area contributed by atoms with Gasteiger partial charge in [-0.25, -0.2) is 9.97 Å². The molecule has 1 saturated heterocycles. The molecule has 2 heterocycles. The van der Waals surface area contributed by atoms with Crippen LogP contribution in [-0.2, 0) is 9.59 Å². The van der Waals surface area contributed by atoms with Crippen molar-refractivity contribution in [2.45, 2.75) is 27.2 Å². The molecule has 7 heteroatoms. The second-order valence-electron chi connectivity index (χ2n) is 4.82. The van der Waals surface area contributed by atoms with Crippen molar-refractivity contribution in [2.75, 3.05) is 29.9 Å². The van der Waals surface area contributed by atoms with Crippen LogP contribution < -0.4 is 15.5 Å². The Balaban J connectivity index is 2.33. The highest BCUT2D eigenvalue weighted by Gasteiger charge is 2.25. The third-order valence-corrected chi connectivity index (χ3v) is 3.02. The highest BCUT2D eigenvalue weighted by molar-refractivity contribution is 6.02. The van der Waals surface area contributed by atoms with E-state index in [0.717, 1.165) is 24.3 Å². The second kappa shape index (κ2) is 5.85. The molecule has 0 atom stereocenters. The van der Waals surface area contributed by atoms with E-state index in [4.69, 9.17) is 0 Å². The van der Waals surface area contributed by atoms with E-state index in [0.29, 0.717) is 11.6 Å². The number of nitrogens with zero attached hydrogens (tertiary/aromatic N) is 3. The molecule has 108 valence electrons. The van der Waals surface area contributed by atoms with Crippen LogP contribution in [0, 0.1) is 13.8 Å². The van der Waals surface area contributed by atoms with Crippen molar-refractivity contribution >= 4 is 23.5 Å². The van der Waals surface area contributed by atoms with Crippen molar-refractivity contribution < 1.29 is 9.59 Å². The molecule has 2 rings (SSSR count). The zero-order valence-electron chi connectivity index (χ0n) is 12.0. The maximum atomic E-state index is 11.5. The van der Waals surface area contributed by atoms with Gasteiger partial charge in [0.2, 0.25) is 11.8 Å². The Hall–Kier alpha value is -2.18. The molecular formula is C13H19N5O2. The lowest BCUT2D eigenvalue weighted by atomic mass is 10.2. The molecule has 1 aromatic rings. The fourth-order valence-electron chi connectivity index (χ4n) is 2.12. The van der Waals surface area contributed by atoms with Crippen molar-refractivity contribution in [2.24, 2.45) is 0 Å². The van der Waals surface area contributed by atoms with Gasteiger partial charge in [0, 0.05) is 12.1 Å². The zero-order valence-corrected chi connectivity index (χ0v) is 12.0. The molecule has 0 bridgehead atoms. The van der Waals surface area contributed by atoms with Crippen LogP contribution in [0.2, 0.25) is 0 Å². The Morgan fingerprint density at radius 3 is 2.45 bits per heavy atom. The van der Waals surface area contributed by atoms with Crippen molar-refractivity contribution in [3.63, 3.8) is 0 Å². The Morgan fingerprint density at radius 1 is 1.20 bits per heavy atom. The second-order valence-corrected chi connectivity index (χ2v) is 4.82. The molecule has 1 fully saturated rings. The van der Waals surface area contributed by atoms with Crippen LogP contribution in [0.1, 0.15) is 24.7 Å². The summed E-state index contributed by atoms with van der Waals surface area (Å²) in [5, 5.41) is 5.53. The van der Waals surface area contributed by atoms with Gasteiger partial charge in [0.25, 0.3) is 0 Å². The monoisotopic (exact) mass is 277 g/mol. The highest BCUT2D eigenvalue weighted by atomic mass is 16.2. The third kappa shape index (κ3) is 3.04. The molecule has 0 radical (unpaired) electrons. The zero-order chi connectivity index (χ0) is 14.7. The number of hydrogen-bond acceptors (Lipinski definition) is 6. The average molecular weight is 277 g/mol. The number of anilines is 2. The van der Waals surface area contributed by atoms with Gasteiger partial charge in [-0.2, -0.15) is 0 Å². The summed E-state index contributed by atoms with van der Waals surface area (Å²) in [6.07, 6.45) is 0.989.